The van der Waals surface area contributed by atoms with Gasteiger partial charge in [-0.2, -0.15) is 0 Å². The van der Waals surface area contributed by atoms with E-state index in [9.17, 15) is 18.8 Å². The van der Waals surface area contributed by atoms with Crippen LogP contribution in [-0.2, 0) is 28.6 Å². The molecule has 41 heavy (non-hydrogen) atoms. The molecule has 0 saturated heterocycles. The zero-order chi connectivity index (χ0) is 30.7. The summed E-state index contributed by atoms with van der Waals surface area (Å²) >= 11 is 0. The third kappa shape index (κ3) is 11.1. The summed E-state index contributed by atoms with van der Waals surface area (Å²) in [4.78, 5) is 40.8. The third-order valence-corrected chi connectivity index (χ3v) is 6.22. The van der Waals surface area contributed by atoms with Gasteiger partial charge < -0.3 is 14.2 Å². The lowest BCUT2D eigenvalue weighted by molar-refractivity contribution is -0.158. The van der Waals surface area contributed by atoms with Crippen LogP contribution in [0.2, 0.25) is 0 Å². The highest BCUT2D eigenvalue weighted by molar-refractivity contribution is 5.78. The number of hydrogen-bond acceptors (Lipinski definition) is 8. The van der Waals surface area contributed by atoms with Gasteiger partial charge in [-0.05, 0) is 107 Å². The number of nitrogens with zero attached hydrogens (tertiary/aromatic N) is 2. The van der Waals surface area contributed by atoms with Crippen molar-refractivity contribution >= 4 is 24.0 Å². The maximum Gasteiger partial charge on any atom is 0.320 e. The first-order valence-corrected chi connectivity index (χ1v) is 13.7. The molecule has 0 bridgehead atoms. The molecule has 0 aliphatic rings. The highest BCUT2D eigenvalue weighted by Crippen LogP contribution is 2.30. The van der Waals surface area contributed by atoms with E-state index in [-0.39, 0.29) is 38.4 Å². The first kappa shape index (κ1) is 33.6. The van der Waals surface area contributed by atoms with E-state index >= 15 is 0 Å². The van der Waals surface area contributed by atoms with Crippen molar-refractivity contribution in [1.82, 2.24) is 9.80 Å². The lowest BCUT2D eigenvalue weighted by Gasteiger charge is -2.23. The number of rotatable bonds is 14. The monoisotopic (exact) mass is 570 g/mol. The van der Waals surface area contributed by atoms with E-state index in [0.717, 1.165) is 22.3 Å². The normalized spacial score (nSPS) is 13.0. The Kier molecular flexibility index (Phi) is 13.2. The van der Waals surface area contributed by atoms with Gasteiger partial charge in [0.2, 0.25) is 0 Å². The molecule has 0 saturated carbocycles. The van der Waals surface area contributed by atoms with Crippen molar-refractivity contribution in [1.29, 1.82) is 0 Å². The number of carbonyl (C=O) groups is 3. The predicted octanol–water partition coefficient (Wildman–Crippen LogP) is 4.72. The van der Waals surface area contributed by atoms with E-state index < -0.39 is 30.1 Å². The Labute approximate surface area is 243 Å². The molecule has 2 aromatic rings. The van der Waals surface area contributed by atoms with Crippen molar-refractivity contribution in [3.05, 3.63) is 64.5 Å². The van der Waals surface area contributed by atoms with Crippen LogP contribution in [0, 0.1) is 26.6 Å². The van der Waals surface area contributed by atoms with Gasteiger partial charge in [0.1, 0.15) is 18.0 Å². The lowest BCUT2D eigenvalue weighted by Crippen LogP contribution is -2.33. The smallest absolute Gasteiger partial charge is 0.320 e. The molecule has 0 radical (unpaired) electrons. The van der Waals surface area contributed by atoms with Gasteiger partial charge in [-0.15, -0.1) is 0 Å². The molecule has 2 atom stereocenters. The van der Waals surface area contributed by atoms with Crippen molar-refractivity contribution in [2.75, 3.05) is 47.9 Å². The summed E-state index contributed by atoms with van der Waals surface area (Å²) in [6.07, 6.45) is 1.80. The topological polar surface area (TPSA) is 85.4 Å². The molecule has 0 unspecified atom stereocenters. The standard InChI is InChI=1S/C32H43FN2O6/c1-9-39-29(36)18-26(41-31(38)20-35(7)8)17-25(40-30(37)19-34(5)6)13-14-27-21(2)11-10-12-28(27)24-15-22(3)32(33)23(4)16-24/h10-16,25-26H,9,17-20H2,1-8H3/b14-13+/t25-,26-/m1/s1. The molecule has 0 aromatic heterocycles. The molecule has 2 aromatic carbocycles. The van der Waals surface area contributed by atoms with E-state index in [1.54, 1.807) is 64.8 Å². The highest BCUT2D eigenvalue weighted by Gasteiger charge is 2.25. The van der Waals surface area contributed by atoms with Crippen LogP contribution in [0.1, 0.15) is 42.0 Å². The van der Waals surface area contributed by atoms with Gasteiger partial charge in [0.25, 0.3) is 0 Å². The van der Waals surface area contributed by atoms with Crippen LogP contribution < -0.4 is 0 Å². The minimum atomic E-state index is -0.873. The van der Waals surface area contributed by atoms with E-state index in [1.165, 1.54) is 0 Å². The Morgan fingerprint density at radius 1 is 0.878 bits per heavy atom. The van der Waals surface area contributed by atoms with Crippen LogP contribution in [0.3, 0.4) is 0 Å². The molecule has 0 N–H and O–H groups in total. The first-order valence-electron chi connectivity index (χ1n) is 13.7. The number of esters is 3. The van der Waals surface area contributed by atoms with Crippen LogP contribution in [0.4, 0.5) is 4.39 Å². The van der Waals surface area contributed by atoms with Gasteiger partial charge in [-0.3, -0.25) is 24.2 Å². The largest absolute Gasteiger partial charge is 0.466 e. The summed E-state index contributed by atoms with van der Waals surface area (Å²) in [6, 6.07) is 9.47. The molecule has 8 nitrogen and oxygen atoms in total. The summed E-state index contributed by atoms with van der Waals surface area (Å²) in [5.41, 5.74) is 4.70. The minimum absolute atomic E-state index is 0.0311. The molecule has 0 spiro atoms. The van der Waals surface area contributed by atoms with Crippen LogP contribution in [0.25, 0.3) is 17.2 Å². The third-order valence-electron chi connectivity index (χ3n) is 6.22. The fraction of sp³-hybridized carbons (Fsp3) is 0.469. The number of carbonyl (C=O) groups excluding carboxylic acids is 3. The van der Waals surface area contributed by atoms with Gasteiger partial charge in [0, 0.05) is 6.42 Å². The van der Waals surface area contributed by atoms with Crippen LogP contribution in [0.5, 0.6) is 0 Å². The van der Waals surface area contributed by atoms with Gasteiger partial charge in [0.15, 0.2) is 0 Å². The van der Waals surface area contributed by atoms with Crippen molar-refractivity contribution in [3.8, 4) is 11.1 Å². The maximum atomic E-state index is 14.4. The molecule has 224 valence electrons. The molecule has 0 amide bonds. The second-order valence-electron chi connectivity index (χ2n) is 10.7. The average molecular weight is 571 g/mol. The van der Waals surface area contributed by atoms with E-state index in [1.807, 2.05) is 43.3 Å². The number of ether oxygens (including phenoxy) is 3. The van der Waals surface area contributed by atoms with Crippen LogP contribution in [0.15, 0.2) is 36.4 Å². The lowest BCUT2D eigenvalue weighted by atomic mass is 9.93. The number of aryl methyl sites for hydroxylation is 3. The fourth-order valence-corrected chi connectivity index (χ4v) is 4.41. The SMILES string of the molecule is CCOC(=O)C[C@@H](C[C@@H](/C=C/c1c(C)cccc1-c1cc(C)c(F)c(C)c1)OC(=O)CN(C)C)OC(=O)CN(C)C. The predicted molar refractivity (Wildman–Crippen MR) is 158 cm³/mol. The Morgan fingerprint density at radius 2 is 1.46 bits per heavy atom. The second kappa shape index (κ2) is 16.0. The van der Waals surface area contributed by atoms with E-state index in [0.29, 0.717) is 11.1 Å². The Morgan fingerprint density at radius 3 is 2.02 bits per heavy atom. The first-order chi connectivity index (χ1) is 19.3. The quantitative estimate of drug-likeness (QED) is 0.238. The number of likely N-dealkylation sites (N-methyl/N-ethyl adjacent to an activating group) is 2. The zero-order valence-electron chi connectivity index (χ0n) is 25.5. The molecule has 0 heterocycles. The minimum Gasteiger partial charge on any atom is -0.466 e. The van der Waals surface area contributed by atoms with Gasteiger partial charge in [-0.25, -0.2) is 4.39 Å². The van der Waals surface area contributed by atoms with Gasteiger partial charge in [-0.1, -0.05) is 24.3 Å². The van der Waals surface area contributed by atoms with E-state index in [4.69, 9.17) is 14.2 Å². The molecule has 9 heteroatoms. The Bertz CT molecular complexity index is 1220. The van der Waals surface area contributed by atoms with Crippen molar-refractivity contribution in [2.45, 2.75) is 52.7 Å². The van der Waals surface area contributed by atoms with Crippen molar-refractivity contribution in [3.63, 3.8) is 0 Å². The molecule has 0 aliphatic heterocycles. The summed E-state index contributed by atoms with van der Waals surface area (Å²) < 4.78 is 30.9. The molecular formula is C32H43FN2O6. The zero-order valence-corrected chi connectivity index (χ0v) is 25.5. The Hall–Kier alpha value is -3.56. The van der Waals surface area contributed by atoms with Crippen molar-refractivity contribution < 1.29 is 33.0 Å². The summed E-state index contributed by atoms with van der Waals surface area (Å²) in [5.74, 6) is -1.72. The number of halogens is 1. The second-order valence-corrected chi connectivity index (χ2v) is 10.7. The maximum absolute atomic E-state index is 14.4. The highest BCUT2D eigenvalue weighted by atomic mass is 19.1. The number of benzene rings is 2. The van der Waals surface area contributed by atoms with E-state index in [2.05, 4.69) is 0 Å². The van der Waals surface area contributed by atoms with Gasteiger partial charge in [0.05, 0.1) is 26.1 Å². The fourth-order valence-electron chi connectivity index (χ4n) is 4.41. The molecule has 0 fully saturated rings. The summed E-state index contributed by atoms with van der Waals surface area (Å²) in [7, 11) is 6.98. The Balaban J connectivity index is 2.47. The average Bonchev–Trinajstić information content (AvgIpc) is 2.85. The molecule has 0 aliphatic carbocycles. The summed E-state index contributed by atoms with van der Waals surface area (Å²) in [6.45, 7) is 7.41. The molecular weight excluding hydrogens is 527 g/mol. The molecule has 2 rings (SSSR count). The van der Waals surface area contributed by atoms with Gasteiger partial charge >= 0.3 is 17.9 Å². The number of hydrogen-bond donors (Lipinski definition) is 0. The van der Waals surface area contributed by atoms with Crippen LogP contribution in [-0.4, -0.2) is 87.8 Å². The van der Waals surface area contributed by atoms with Crippen LogP contribution >= 0.6 is 0 Å². The van der Waals surface area contributed by atoms with Crippen molar-refractivity contribution in [2.24, 2.45) is 0 Å². The summed E-state index contributed by atoms with van der Waals surface area (Å²) in [5, 5.41) is 0.